The molecule has 0 aromatic heterocycles. The third-order valence-corrected chi connectivity index (χ3v) is 6.12. The third-order valence-electron chi connectivity index (χ3n) is 4.01. The second-order valence-electron chi connectivity index (χ2n) is 6.17. The monoisotopic (exact) mass is 296 g/mol. The zero-order valence-corrected chi connectivity index (χ0v) is 13.5. The van der Waals surface area contributed by atoms with Crippen LogP contribution in [-0.2, 0) is 10.0 Å². The lowest BCUT2D eigenvalue weighted by Gasteiger charge is -2.35. The molecule has 2 rings (SSSR count). The molecule has 0 saturated carbocycles. The number of rotatable bonds is 2. The molecule has 0 bridgehead atoms. The van der Waals surface area contributed by atoms with E-state index in [4.69, 9.17) is 0 Å². The third kappa shape index (κ3) is 2.90. The molecule has 5 heteroatoms. The summed E-state index contributed by atoms with van der Waals surface area (Å²) in [5.74, 6) is 0. The molecule has 1 aliphatic rings. The molecular formula is C15H24N2O2S. The van der Waals surface area contributed by atoms with Gasteiger partial charge in [0.05, 0.1) is 4.90 Å². The summed E-state index contributed by atoms with van der Waals surface area (Å²) in [4.78, 5) is 0.399. The Morgan fingerprint density at radius 2 is 1.90 bits per heavy atom. The molecule has 0 atom stereocenters. The van der Waals surface area contributed by atoms with Gasteiger partial charge in [0, 0.05) is 18.6 Å². The minimum absolute atomic E-state index is 0.399. The molecule has 1 N–H and O–H groups in total. The number of nitrogens with one attached hydrogen (secondary N) is 1. The van der Waals surface area contributed by atoms with Crippen molar-refractivity contribution in [2.45, 2.75) is 44.6 Å². The van der Waals surface area contributed by atoms with Gasteiger partial charge in [-0.05, 0) is 63.9 Å². The van der Waals surface area contributed by atoms with Crippen molar-refractivity contribution >= 4 is 10.0 Å². The lowest BCUT2D eigenvalue weighted by molar-refractivity contribution is 0.242. The Balaban J connectivity index is 2.44. The van der Waals surface area contributed by atoms with E-state index in [0.29, 0.717) is 18.0 Å². The molecule has 0 amide bonds. The quantitative estimate of drug-likeness (QED) is 0.909. The molecule has 1 fully saturated rings. The maximum absolute atomic E-state index is 12.9. The van der Waals surface area contributed by atoms with E-state index < -0.39 is 15.6 Å². The highest BCUT2D eigenvalue weighted by Crippen LogP contribution is 2.27. The fourth-order valence-corrected chi connectivity index (χ4v) is 4.48. The minimum atomic E-state index is -3.44. The molecular weight excluding hydrogens is 272 g/mol. The van der Waals surface area contributed by atoms with E-state index in [9.17, 15) is 8.42 Å². The van der Waals surface area contributed by atoms with Gasteiger partial charge < -0.3 is 5.32 Å². The molecule has 1 aromatic carbocycles. The van der Waals surface area contributed by atoms with Gasteiger partial charge in [-0.1, -0.05) is 6.07 Å². The normalized spacial score (nSPS) is 20.6. The predicted octanol–water partition coefficient (Wildman–Crippen LogP) is 2.07. The molecule has 0 radical (unpaired) electrons. The maximum atomic E-state index is 12.9. The van der Waals surface area contributed by atoms with Crippen molar-refractivity contribution in [2.24, 2.45) is 0 Å². The molecule has 1 aromatic rings. The zero-order chi connectivity index (χ0) is 15.0. The SMILES string of the molecule is Cc1ccc(S(=O)(=O)N2CCCNCC2(C)C)cc1C. The molecule has 4 nitrogen and oxygen atoms in total. The van der Waals surface area contributed by atoms with Crippen LogP contribution in [0, 0.1) is 13.8 Å². The van der Waals surface area contributed by atoms with Crippen molar-refractivity contribution in [2.75, 3.05) is 19.6 Å². The smallest absolute Gasteiger partial charge is 0.243 e. The van der Waals surface area contributed by atoms with Crippen LogP contribution in [0.4, 0.5) is 0 Å². The van der Waals surface area contributed by atoms with Crippen molar-refractivity contribution in [1.29, 1.82) is 0 Å². The molecule has 0 spiro atoms. The first kappa shape index (κ1) is 15.5. The summed E-state index contributed by atoms with van der Waals surface area (Å²) in [6.45, 7) is 10.00. The Morgan fingerprint density at radius 1 is 1.20 bits per heavy atom. The summed E-state index contributed by atoms with van der Waals surface area (Å²) in [6, 6.07) is 5.37. The van der Waals surface area contributed by atoms with E-state index in [1.54, 1.807) is 16.4 Å². The van der Waals surface area contributed by atoms with Crippen molar-refractivity contribution in [1.82, 2.24) is 9.62 Å². The Labute approximate surface area is 122 Å². The van der Waals surface area contributed by atoms with Crippen LogP contribution < -0.4 is 5.32 Å². The highest BCUT2D eigenvalue weighted by Gasteiger charge is 2.37. The molecule has 0 unspecified atom stereocenters. The van der Waals surface area contributed by atoms with Crippen LogP contribution in [0.5, 0.6) is 0 Å². The Morgan fingerprint density at radius 3 is 2.55 bits per heavy atom. The predicted molar refractivity (Wildman–Crippen MR) is 81.4 cm³/mol. The molecule has 0 aliphatic carbocycles. The van der Waals surface area contributed by atoms with Gasteiger partial charge in [-0.3, -0.25) is 0 Å². The van der Waals surface area contributed by atoms with Crippen LogP contribution in [0.25, 0.3) is 0 Å². The van der Waals surface area contributed by atoms with E-state index in [0.717, 1.165) is 24.1 Å². The fourth-order valence-electron chi connectivity index (χ4n) is 2.58. The molecule has 1 saturated heterocycles. The Hall–Kier alpha value is -0.910. The highest BCUT2D eigenvalue weighted by molar-refractivity contribution is 7.89. The second-order valence-corrected chi connectivity index (χ2v) is 8.03. The van der Waals surface area contributed by atoms with E-state index in [1.165, 1.54) is 0 Å². The zero-order valence-electron chi connectivity index (χ0n) is 12.7. The lowest BCUT2D eigenvalue weighted by Crippen LogP contribution is -2.51. The summed E-state index contributed by atoms with van der Waals surface area (Å²) >= 11 is 0. The Kier molecular flexibility index (Phi) is 4.23. The number of sulfonamides is 1. The van der Waals surface area contributed by atoms with E-state index in [1.807, 2.05) is 33.8 Å². The number of hydrogen-bond donors (Lipinski definition) is 1. The molecule has 112 valence electrons. The molecule has 1 aliphatic heterocycles. The number of benzene rings is 1. The van der Waals surface area contributed by atoms with Crippen molar-refractivity contribution in [3.63, 3.8) is 0 Å². The van der Waals surface area contributed by atoms with Crippen LogP contribution in [-0.4, -0.2) is 37.9 Å². The number of hydrogen-bond acceptors (Lipinski definition) is 3. The van der Waals surface area contributed by atoms with Crippen molar-refractivity contribution < 1.29 is 8.42 Å². The highest BCUT2D eigenvalue weighted by atomic mass is 32.2. The van der Waals surface area contributed by atoms with Gasteiger partial charge in [-0.2, -0.15) is 4.31 Å². The van der Waals surface area contributed by atoms with Gasteiger partial charge in [0.15, 0.2) is 0 Å². The summed E-state index contributed by atoms with van der Waals surface area (Å²) in [7, 11) is -3.44. The average molecular weight is 296 g/mol. The van der Waals surface area contributed by atoms with Gasteiger partial charge >= 0.3 is 0 Å². The van der Waals surface area contributed by atoms with Gasteiger partial charge in [0.25, 0.3) is 0 Å². The second kappa shape index (κ2) is 5.47. The van der Waals surface area contributed by atoms with Crippen LogP contribution >= 0.6 is 0 Å². The minimum Gasteiger partial charge on any atom is -0.315 e. The first-order chi connectivity index (χ1) is 9.25. The van der Waals surface area contributed by atoms with Crippen molar-refractivity contribution in [3.8, 4) is 0 Å². The Bertz CT molecular complexity index is 594. The van der Waals surface area contributed by atoms with E-state index in [-0.39, 0.29) is 0 Å². The van der Waals surface area contributed by atoms with Crippen LogP contribution in [0.2, 0.25) is 0 Å². The topological polar surface area (TPSA) is 49.4 Å². The first-order valence-electron chi connectivity index (χ1n) is 7.06. The number of nitrogens with zero attached hydrogens (tertiary/aromatic N) is 1. The first-order valence-corrected chi connectivity index (χ1v) is 8.50. The standard InChI is InChI=1S/C15H24N2O2S/c1-12-6-7-14(10-13(12)2)20(18,19)17-9-5-8-16-11-15(17,3)4/h6-7,10,16H,5,8-9,11H2,1-4H3. The average Bonchev–Trinajstić information content (AvgIpc) is 2.53. The van der Waals surface area contributed by atoms with Crippen LogP contribution in [0.1, 0.15) is 31.4 Å². The maximum Gasteiger partial charge on any atom is 0.243 e. The van der Waals surface area contributed by atoms with Crippen LogP contribution in [0.3, 0.4) is 0 Å². The molecule has 20 heavy (non-hydrogen) atoms. The summed E-state index contributed by atoms with van der Waals surface area (Å²) < 4.78 is 27.5. The van der Waals surface area contributed by atoms with Gasteiger partial charge in [-0.25, -0.2) is 8.42 Å². The van der Waals surface area contributed by atoms with Gasteiger partial charge in [-0.15, -0.1) is 0 Å². The van der Waals surface area contributed by atoms with E-state index >= 15 is 0 Å². The van der Waals surface area contributed by atoms with Crippen molar-refractivity contribution in [3.05, 3.63) is 29.3 Å². The molecule has 1 heterocycles. The summed E-state index contributed by atoms with van der Waals surface area (Å²) in [5, 5.41) is 3.31. The van der Waals surface area contributed by atoms with Gasteiger partial charge in [0.2, 0.25) is 10.0 Å². The summed E-state index contributed by atoms with van der Waals surface area (Å²) in [6.07, 6.45) is 0.841. The lowest BCUT2D eigenvalue weighted by atomic mass is 10.1. The van der Waals surface area contributed by atoms with E-state index in [2.05, 4.69) is 5.32 Å². The van der Waals surface area contributed by atoms with Gasteiger partial charge in [0.1, 0.15) is 0 Å². The number of aryl methyl sites for hydroxylation is 2. The fraction of sp³-hybridized carbons (Fsp3) is 0.600. The summed E-state index contributed by atoms with van der Waals surface area (Å²) in [5.41, 5.74) is 1.71. The largest absolute Gasteiger partial charge is 0.315 e. The van der Waals surface area contributed by atoms with Crippen LogP contribution in [0.15, 0.2) is 23.1 Å².